The lowest BCUT2D eigenvalue weighted by atomic mass is 9.94. The molecule has 2 rings (SSSR count). The molecule has 2 aromatic rings. The Labute approximate surface area is 142 Å². The fourth-order valence-electron chi connectivity index (χ4n) is 2.42. The third kappa shape index (κ3) is 5.18. The van der Waals surface area contributed by atoms with Crippen molar-refractivity contribution in [3.05, 3.63) is 65.7 Å². The molecule has 5 nitrogen and oxygen atoms in total. The van der Waals surface area contributed by atoms with E-state index < -0.39 is 21.8 Å². The number of hydrogen-bond donors (Lipinski definition) is 2. The molecule has 3 N–H and O–H groups in total. The Morgan fingerprint density at radius 1 is 1.12 bits per heavy atom. The maximum absolute atomic E-state index is 12.4. The Morgan fingerprint density at radius 2 is 1.79 bits per heavy atom. The van der Waals surface area contributed by atoms with Gasteiger partial charge in [0.25, 0.3) is 0 Å². The van der Waals surface area contributed by atoms with E-state index in [1.165, 1.54) is 6.26 Å². The van der Waals surface area contributed by atoms with Gasteiger partial charge in [-0.1, -0.05) is 49.4 Å². The molecule has 0 heterocycles. The fourth-order valence-corrected chi connectivity index (χ4v) is 3.21. The topological polar surface area (TPSA) is 89.3 Å². The Morgan fingerprint density at radius 3 is 2.42 bits per heavy atom. The van der Waals surface area contributed by atoms with E-state index in [1.54, 1.807) is 31.2 Å². The van der Waals surface area contributed by atoms with Gasteiger partial charge in [-0.25, -0.2) is 8.42 Å². The highest BCUT2D eigenvalue weighted by Crippen LogP contribution is 2.21. The number of anilines is 1. The number of benzene rings is 2. The highest BCUT2D eigenvalue weighted by atomic mass is 32.2. The van der Waals surface area contributed by atoms with Crippen LogP contribution in [0.15, 0.2) is 54.6 Å². The van der Waals surface area contributed by atoms with Crippen LogP contribution in [0, 0.1) is 5.92 Å². The van der Waals surface area contributed by atoms with Crippen LogP contribution in [0.1, 0.15) is 24.1 Å². The molecule has 24 heavy (non-hydrogen) atoms. The summed E-state index contributed by atoms with van der Waals surface area (Å²) in [6, 6.07) is 15.9. The lowest BCUT2D eigenvalue weighted by molar-refractivity contribution is -0.120. The third-order valence-electron chi connectivity index (χ3n) is 3.76. The zero-order valence-corrected chi connectivity index (χ0v) is 14.6. The highest BCUT2D eigenvalue weighted by Gasteiger charge is 2.22. The zero-order chi connectivity index (χ0) is 17.7. The number of sulfone groups is 1. The lowest BCUT2D eigenvalue weighted by Crippen LogP contribution is -2.30. The Balaban J connectivity index is 2.07. The number of rotatable bonds is 6. The van der Waals surface area contributed by atoms with Crippen LogP contribution in [0.3, 0.4) is 0 Å². The second-order valence-corrected chi connectivity index (χ2v) is 8.13. The SMILES string of the molecule is C[C@@H](C(=O)Nc1cccc(CS(C)(=O)=O)c1)[C@@H](N)c1ccccc1. The van der Waals surface area contributed by atoms with E-state index >= 15 is 0 Å². The molecule has 128 valence electrons. The molecule has 0 saturated heterocycles. The van der Waals surface area contributed by atoms with Gasteiger partial charge in [-0.2, -0.15) is 0 Å². The van der Waals surface area contributed by atoms with Gasteiger partial charge in [-0.05, 0) is 23.3 Å². The van der Waals surface area contributed by atoms with Gasteiger partial charge in [0.15, 0.2) is 9.84 Å². The first-order valence-corrected chi connectivity index (χ1v) is 9.70. The van der Waals surface area contributed by atoms with Crippen LogP contribution in [0.25, 0.3) is 0 Å². The van der Waals surface area contributed by atoms with Crippen molar-refractivity contribution in [1.29, 1.82) is 0 Å². The molecule has 2 aromatic carbocycles. The number of carbonyl (C=O) groups excluding carboxylic acids is 1. The van der Waals surface area contributed by atoms with Gasteiger partial charge in [0.1, 0.15) is 0 Å². The summed E-state index contributed by atoms with van der Waals surface area (Å²) in [4.78, 5) is 12.4. The van der Waals surface area contributed by atoms with E-state index in [0.29, 0.717) is 11.3 Å². The maximum Gasteiger partial charge on any atom is 0.229 e. The van der Waals surface area contributed by atoms with E-state index in [-0.39, 0.29) is 11.7 Å². The molecule has 6 heteroatoms. The number of amides is 1. The normalized spacial score (nSPS) is 14.0. The molecule has 0 fully saturated rings. The average molecular weight is 346 g/mol. The van der Waals surface area contributed by atoms with Gasteiger partial charge >= 0.3 is 0 Å². The predicted molar refractivity (Wildman–Crippen MR) is 96.2 cm³/mol. The molecule has 0 spiro atoms. The summed E-state index contributed by atoms with van der Waals surface area (Å²) < 4.78 is 22.8. The summed E-state index contributed by atoms with van der Waals surface area (Å²) in [5.41, 5.74) is 8.26. The molecule has 0 aliphatic rings. The smallest absolute Gasteiger partial charge is 0.229 e. The first-order valence-electron chi connectivity index (χ1n) is 7.64. The molecule has 2 atom stereocenters. The third-order valence-corrected chi connectivity index (χ3v) is 4.62. The van der Waals surface area contributed by atoms with Gasteiger partial charge in [-0.15, -0.1) is 0 Å². The van der Waals surface area contributed by atoms with Crippen molar-refractivity contribution in [3.63, 3.8) is 0 Å². The second-order valence-electron chi connectivity index (χ2n) is 5.98. The summed E-state index contributed by atoms with van der Waals surface area (Å²) in [6.07, 6.45) is 1.18. The molecule has 1 amide bonds. The summed E-state index contributed by atoms with van der Waals surface area (Å²) in [7, 11) is -3.12. The van der Waals surface area contributed by atoms with Gasteiger partial charge < -0.3 is 11.1 Å². The molecule has 0 aliphatic carbocycles. The monoisotopic (exact) mass is 346 g/mol. The van der Waals surface area contributed by atoms with Crippen LogP contribution in [0.2, 0.25) is 0 Å². The van der Waals surface area contributed by atoms with Crippen molar-refractivity contribution in [2.24, 2.45) is 11.7 Å². The number of nitrogens with one attached hydrogen (secondary N) is 1. The van der Waals surface area contributed by atoms with Crippen LogP contribution in [-0.4, -0.2) is 20.6 Å². The molecular formula is C18H22N2O3S. The first-order chi connectivity index (χ1) is 11.3. The molecular weight excluding hydrogens is 324 g/mol. The average Bonchev–Trinajstić information content (AvgIpc) is 2.53. The van der Waals surface area contributed by atoms with Gasteiger partial charge in [0.2, 0.25) is 5.91 Å². The summed E-state index contributed by atoms with van der Waals surface area (Å²) >= 11 is 0. The molecule has 0 radical (unpaired) electrons. The second kappa shape index (κ2) is 7.59. The van der Waals surface area contributed by atoms with Gasteiger partial charge in [0, 0.05) is 18.0 Å². The van der Waals surface area contributed by atoms with Crippen LogP contribution >= 0.6 is 0 Å². The summed E-state index contributed by atoms with van der Waals surface area (Å²) in [5.74, 6) is -0.690. The first kappa shape index (κ1) is 18.2. The van der Waals surface area contributed by atoms with Crippen LogP contribution < -0.4 is 11.1 Å². The van der Waals surface area contributed by atoms with Crippen molar-refractivity contribution < 1.29 is 13.2 Å². The highest BCUT2D eigenvalue weighted by molar-refractivity contribution is 7.89. The number of nitrogens with two attached hydrogens (primary N) is 1. The minimum Gasteiger partial charge on any atom is -0.326 e. The van der Waals surface area contributed by atoms with E-state index in [4.69, 9.17) is 5.73 Å². The van der Waals surface area contributed by atoms with Crippen molar-refractivity contribution in [1.82, 2.24) is 0 Å². The van der Waals surface area contributed by atoms with E-state index in [9.17, 15) is 13.2 Å². The molecule has 0 saturated carbocycles. The largest absolute Gasteiger partial charge is 0.326 e. The van der Waals surface area contributed by atoms with Crippen molar-refractivity contribution in [2.45, 2.75) is 18.7 Å². The Bertz CT molecular complexity index is 804. The number of carbonyl (C=O) groups is 1. The molecule has 0 bridgehead atoms. The minimum atomic E-state index is -3.12. The van der Waals surface area contributed by atoms with Crippen molar-refractivity contribution >= 4 is 21.4 Å². The molecule has 0 aliphatic heterocycles. The summed E-state index contributed by atoms with van der Waals surface area (Å²) in [6.45, 7) is 1.77. The van der Waals surface area contributed by atoms with Crippen LogP contribution in [0.5, 0.6) is 0 Å². The van der Waals surface area contributed by atoms with Gasteiger partial charge in [0.05, 0.1) is 11.7 Å². The zero-order valence-electron chi connectivity index (χ0n) is 13.8. The van der Waals surface area contributed by atoms with Crippen LogP contribution in [-0.2, 0) is 20.4 Å². The van der Waals surface area contributed by atoms with Crippen molar-refractivity contribution in [2.75, 3.05) is 11.6 Å². The van der Waals surface area contributed by atoms with Crippen LogP contribution in [0.4, 0.5) is 5.69 Å². The fraction of sp³-hybridized carbons (Fsp3) is 0.278. The van der Waals surface area contributed by atoms with Gasteiger partial charge in [-0.3, -0.25) is 4.79 Å². The molecule has 0 unspecified atom stereocenters. The standard InChI is InChI=1S/C18H22N2O3S/c1-13(17(19)15-8-4-3-5-9-15)18(21)20-16-10-6-7-14(11-16)12-24(2,22)23/h3-11,13,17H,12,19H2,1-2H3,(H,20,21)/t13-,17-/m1/s1. The van der Waals surface area contributed by atoms with E-state index in [2.05, 4.69) is 5.32 Å². The quantitative estimate of drug-likeness (QED) is 0.841. The van der Waals surface area contributed by atoms with E-state index in [0.717, 1.165) is 5.56 Å². The Hall–Kier alpha value is -2.18. The maximum atomic E-state index is 12.4. The number of hydrogen-bond acceptors (Lipinski definition) is 4. The lowest BCUT2D eigenvalue weighted by Gasteiger charge is -2.20. The minimum absolute atomic E-state index is 0.0597. The Kier molecular flexibility index (Phi) is 5.75. The predicted octanol–water partition coefficient (Wildman–Crippen LogP) is 2.51. The summed E-state index contributed by atoms with van der Waals surface area (Å²) in [5, 5.41) is 2.80. The van der Waals surface area contributed by atoms with Crippen molar-refractivity contribution in [3.8, 4) is 0 Å². The molecule has 0 aromatic heterocycles. The van der Waals surface area contributed by atoms with E-state index in [1.807, 2.05) is 30.3 Å².